The van der Waals surface area contributed by atoms with Gasteiger partial charge in [0.15, 0.2) is 0 Å². The summed E-state index contributed by atoms with van der Waals surface area (Å²) in [5.41, 5.74) is 1.22. The third-order valence-electron chi connectivity index (χ3n) is 6.87. The van der Waals surface area contributed by atoms with Crippen LogP contribution in [0, 0.1) is 6.92 Å². The summed E-state index contributed by atoms with van der Waals surface area (Å²) < 4.78 is 6.25. The Bertz CT molecular complexity index is 1060. The molecule has 0 unspecified atom stereocenters. The van der Waals surface area contributed by atoms with Gasteiger partial charge >= 0.3 is 0 Å². The predicted molar refractivity (Wildman–Crippen MR) is 133 cm³/mol. The highest BCUT2D eigenvalue weighted by atomic mass is 16.5. The van der Waals surface area contributed by atoms with E-state index in [0.717, 1.165) is 5.56 Å². The maximum atomic E-state index is 13.7. The average molecular weight is 479 g/mol. The van der Waals surface area contributed by atoms with E-state index in [2.05, 4.69) is 5.32 Å². The van der Waals surface area contributed by atoms with Crippen molar-refractivity contribution in [3.05, 3.63) is 71.3 Å². The van der Waals surface area contributed by atoms with E-state index in [1.165, 1.54) is 0 Å². The molecule has 2 aliphatic rings. The molecule has 8 nitrogen and oxygen atoms in total. The molecule has 0 saturated carbocycles. The monoisotopic (exact) mass is 478 g/mol. The summed E-state index contributed by atoms with van der Waals surface area (Å²) in [6.07, 6.45) is 0.898. The lowest BCUT2D eigenvalue weighted by Gasteiger charge is -2.44. The van der Waals surface area contributed by atoms with E-state index in [1.54, 1.807) is 17.0 Å². The molecular weight excluding hydrogens is 444 g/mol. The third kappa shape index (κ3) is 5.23. The van der Waals surface area contributed by atoms with Crippen LogP contribution >= 0.6 is 0 Å². The van der Waals surface area contributed by atoms with Crippen LogP contribution in [0.5, 0.6) is 0 Å². The van der Waals surface area contributed by atoms with Crippen LogP contribution in [-0.4, -0.2) is 91.1 Å². The molecule has 186 valence electrons. The number of nitrogens with zero attached hydrogens (tertiary/aromatic N) is 3. The minimum absolute atomic E-state index is 0.0186. The van der Waals surface area contributed by atoms with Crippen LogP contribution in [0.25, 0.3) is 0 Å². The Labute approximate surface area is 206 Å². The molecule has 3 amide bonds. The average Bonchev–Trinajstić information content (AvgIpc) is 3.22. The smallest absolute Gasteiger partial charge is 0.256 e. The first-order valence-electron chi connectivity index (χ1n) is 12.1. The molecular formula is C27H34N4O4. The van der Waals surface area contributed by atoms with E-state index < -0.39 is 11.8 Å². The van der Waals surface area contributed by atoms with Gasteiger partial charge in [0.2, 0.25) is 5.91 Å². The van der Waals surface area contributed by atoms with E-state index in [0.29, 0.717) is 50.1 Å². The molecule has 2 aliphatic heterocycles. The van der Waals surface area contributed by atoms with Crippen molar-refractivity contribution in [2.45, 2.75) is 31.5 Å². The van der Waals surface area contributed by atoms with Crippen molar-refractivity contribution in [3.63, 3.8) is 0 Å². The molecule has 4 rings (SSSR count). The van der Waals surface area contributed by atoms with Gasteiger partial charge in [-0.05, 0) is 44.8 Å². The van der Waals surface area contributed by atoms with Crippen LogP contribution in [0.1, 0.15) is 39.1 Å². The number of benzene rings is 2. The van der Waals surface area contributed by atoms with E-state index in [4.69, 9.17) is 4.74 Å². The molecule has 0 bridgehead atoms. The number of rotatable bonds is 6. The molecule has 35 heavy (non-hydrogen) atoms. The van der Waals surface area contributed by atoms with Crippen molar-refractivity contribution in [2.24, 2.45) is 0 Å². The number of amides is 3. The number of likely N-dealkylation sites (N-methyl/N-ethyl adjacent to an activating group) is 1. The van der Waals surface area contributed by atoms with Crippen molar-refractivity contribution < 1.29 is 19.1 Å². The molecule has 2 aromatic rings. The molecule has 1 N–H and O–H groups in total. The summed E-state index contributed by atoms with van der Waals surface area (Å²) in [6.45, 7) is 4.15. The Kier molecular flexibility index (Phi) is 7.52. The van der Waals surface area contributed by atoms with Gasteiger partial charge < -0.3 is 19.9 Å². The number of likely N-dealkylation sites (tertiary alicyclic amines) is 1. The highest BCUT2D eigenvalue weighted by Gasteiger charge is 2.54. The first kappa shape index (κ1) is 24.9. The van der Waals surface area contributed by atoms with Gasteiger partial charge in [0.25, 0.3) is 11.8 Å². The second-order valence-corrected chi connectivity index (χ2v) is 9.52. The number of carbonyl (C=O) groups is 3. The predicted octanol–water partition coefficient (Wildman–Crippen LogP) is 2.15. The molecule has 2 heterocycles. The van der Waals surface area contributed by atoms with Crippen LogP contribution in [-0.2, 0) is 9.53 Å². The van der Waals surface area contributed by atoms with Gasteiger partial charge in [-0.15, -0.1) is 0 Å². The standard InChI is InChI=1S/C27H34N4O4/c1-20-9-7-8-12-22(20)26(34)30-16-13-27(14-17-30)31(25(33)21-10-5-4-6-11-21)23(19-35-27)24(32)28-15-18-29(2)3/h4-12,23H,13-19H2,1-3H3,(H,28,32)/t23-/m1/s1. The molecule has 1 atom stereocenters. The summed E-state index contributed by atoms with van der Waals surface area (Å²) in [6, 6.07) is 15.8. The van der Waals surface area contributed by atoms with Gasteiger partial charge in [0.1, 0.15) is 11.8 Å². The Balaban J connectivity index is 1.54. The summed E-state index contributed by atoms with van der Waals surface area (Å²) >= 11 is 0. The lowest BCUT2D eigenvalue weighted by atomic mass is 9.95. The Morgan fingerprint density at radius 1 is 1.00 bits per heavy atom. The summed E-state index contributed by atoms with van der Waals surface area (Å²) in [7, 11) is 3.88. The van der Waals surface area contributed by atoms with E-state index in [1.807, 2.05) is 73.3 Å². The van der Waals surface area contributed by atoms with Gasteiger partial charge in [-0.25, -0.2) is 0 Å². The quantitative estimate of drug-likeness (QED) is 0.688. The van der Waals surface area contributed by atoms with E-state index in [-0.39, 0.29) is 24.3 Å². The topological polar surface area (TPSA) is 82.2 Å². The van der Waals surface area contributed by atoms with Gasteiger partial charge in [-0.3, -0.25) is 19.3 Å². The number of piperidine rings is 1. The fourth-order valence-electron chi connectivity index (χ4n) is 4.85. The van der Waals surface area contributed by atoms with Crippen LogP contribution in [0.4, 0.5) is 0 Å². The zero-order chi connectivity index (χ0) is 25.0. The van der Waals surface area contributed by atoms with Gasteiger partial charge in [0, 0.05) is 50.1 Å². The second-order valence-electron chi connectivity index (χ2n) is 9.52. The summed E-state index contributed by atoms with van der Waals surface area (Å²) in [5.74, 6) is -0.462. The Morgan fingerprint density at radius 3 is 2.31 bits per heavy atom. The molecule has 1 spiro atoms. The molecule has 2 saturated heterocycles. The highest BCUT2D eigenvalue weighted by Crippen LogP contribution is 2.39. The van der Waals surface area contributed by atoms with Crippen LogP contribution < -0.4 is 5.32 Å². The maximum absolute atomic E-state index is 13.7. The largest absolute Gasteiger partial charge is 0.353 e. The van der Waals surface area contributed by atoms with Crippen molar-refractivity contribution >= 4 is 17.7 Å². The number of aryl methyl sites for hydroxylation is 1. The normalized spacial score (nSPS) is 19.3. The fraction of sp³-hybridized carbons (Fsp3) is 0.444. The molecule has 2 aromatic carbocycles. The number of hydrogen-bond acceptors (Lipinski definition) is 5. The van der Waals surface area contributed by atoms with Gasteiger partial charge in [-0.2, -0.15) is 0 Å². The van der Waals surface area contributed by atoms with Crippen LogP contribution in [0.3, 0.4) is 0 Å². The zero-order valence-corrected chi connectivity index (χ0v) is 20.7. The second kappa shape index (κ2) is 10.6. The molecule has 0 radical (unpaired) electrons. The molecule has 0 aliphatic carbocycles. The fourth-order valence-corrected chi connectivity index (χ4v) is 4.85. The van der Waals surface area contributed by atoms with E-state index in [9.17, 15) is 14.4 Å². The summed E-state index contributed by atoms with van der Waals surface area (Å²) in [5, 5.41) is 2.95. The summed E-state index contributed by atoms with van der Waals surface area (Å²) in [4.78, 5) is 45.4. The number of hydrogen-bond donors (Lipinski definition) is 1. The van der Waals surface area contributed by atoms with Gasteiger partial charge in [0.05, 0.1) is 6.61 Å². The molecule has 8 heteroatoms. The zero-order valence-electron chi connectivity index (χ0n) is 20.7. The van der Waals surface area contributed by atoms with Gasteiger partial charge in [-0.1, -0.05) is 36.4 Å². The van der Waals surface area contributed by atoms with Crippen LogP contribution in [0.15, 0.2) is 54.6 Å². The highest BCUT2D eigenvalue weighted by molar-refractivity contribution is 5.98. The van der Waals surface area contributed by atoms with Crippen molar-refractivity contribution in [2.75, 3.05) is 46.9 Å². The number of ether oxygens (including phenoxy) is 1. The van der Waals surface area contributed by atoms with Crippen molar-refractivity contribution in [1.29, 1.82) is 0 Å². The Hall–Kier alpha value is -3.23. The minimum atomic E-state index is -0.918. The van der Waals surface area contributed by atoms with Crippen LogP contribution in [0.2, 0.25) is 0 Å². The first-order chi connectivity index (χ1) is 16.8. The van der Waals surface area contributed by atoms with Crippen molar-refractivity contribution in [1.82, 2.24) is 20.0 Å². The lowest BCUT2D eigenvalue weighted by molar-refractivity contribution is -0.128. The minimum Gasteiger partial charge on any atom is -0.353 e. The number of carbonyl (C=O) groups excluding carboxylic acids is 3. The third-order valence-corrected chi connectivity index (χ3v) is 6.87. The molecule has 2 fully saturated rings. The van der Waals surface area contributed by atoms with Crippen molar-refractivity contribution in [3.8, 4) is 0 Å². The lowest BCUT2D eigenvalue weighted by Crippen LogP contribution is -2.60. The maximum Gasteiger partial charge on any atom is 0.256 e. The molecule has 0 aromatic heterocycles. The first-order valence-corrected chi connectivity index (χ1v) is 12.1. The SMILES string of the molecule is Cc1ccccc1C(=O)N1CCC2(CC1)OC[C@H](C(=O)NCCN(C)C)N2C(=O)c1ccccc1. The Morgan fingerprint density at radius 2 is 1.66 bits per heavy atom. The number of nitrogens with one attached hydrogen (secondary N) is 1. The van der Waals surface area contributed by atoms with E-state index >= 15 is 0 Å².